The average molecular weight is 229 g/mol. The van der Waals surface area contributed by atoms with Crippen molar-refractivity contribution in [2.45, 2.75) is 31.8 Å². The monoisotopic (exact) mass is 229 g/mol. The molecule has 4 nitrogen and oxygen atoms in total. The van der Waals surface area contributed by atoms with Crippen molar-refractivity contribution in [3.63, 3.8) is 0 Å². The predicted molar refractivity (Wildman–Crippen MR) is 67.6 cm³/mol. The summed E-state index contributed by atoms with van der Waals surface area (Å²) in [6, 6.07) is 0.435. The largest absolute Gasteiger partial charge is 0.383 e. The second-order valence-electron chi connectivity index (χ2n) is 5.01. The average Bonchev–Trinajstić information content (AvgIpc) is 2.63. The van der Waals surface area contributed by atoms with E-state index in [1.165, 1.54) is 6.42 Å². The molecule has 1 aliphatic rings. The highest BCUT2D eigenvalue weighted by Gasteiger charge is 2.41. The molecule has 2 N–H and O–H groups in total. The van der Waals surface area contributed by atoms with Gasteiger partial charge in [0, 0.05) is 31.8 Å². The Bertz CT molecular complexity index is 212. The van der Waals surface area contributed by atoms with E-state index in [0.717, 1.165) is 32.8 Å². The minimum absolute atomic E-state index is 0.154. The van der Waals surface area contributed by atoms with Crippen molar-refractivity contribution < 1.29 is 4.74 Å². The smallest absolute Gasteiger partial charge is 0.0615 e. The summed E-state index contributed by atoms with van der Waals surface area (Å²) in [5.41, 5.74) is 6.19. The van der Waals surface area contributed by atoms with Gasteiger partial charge in [-0.05, 0) is 33.5 Å². The molecule has 1 aliphatic heterocycles. The number of hydrogen-bond acceptors (Lipinski definition) is 4. The number of nitrogens with two attached hydrogens (primary N) is 1. The molecule has 1 rings (SSSR count). The first-order chi connectivity index (χ1) is 7.59. The lowest BCUT2D eigenvalue weighted by molar-refractivity contribution is 0.0257. The summed E-state index contributed by atoms with van der Waals surface area (Å²) >= 11 is 0. The molecule has 0 aliphatic carbocycles. The Morgan fingerprint density at radius 3 is 2.62 bits per heavy atom. The molecule has 0 aromatic carbocycles. The number of rotatable bonds is 6. The lowest BCUT2D eigenvalue weighted by Crippen LogP contribution is -2.59. The van der Waals surface area contributed by atoms with Crippen LogP contribution in [0.25, 0.3) is 0 Å². The van der Waals surface area contributed by atoms with Gasteiger partial charge in [-0.15, -0.1) is 0 Å². The van der Waals surface area contributed by atoms with Crippen LogP contribution in [-0.2, 0) is 4.74 Å². The van der Waals surface area contributed by atoms with E-state index >= 15 is 0 Å². The van der Waals surface area contributed by atoms with Crippen molar-refractivity contribution in [1.29, 1.82) is 0 Å². The van der Waals surface area contributed by atoms with Crippen LogP contribution in [0.5, 0.6) is 0 Å². The molecular weight excluding hydrogens is 202 g/mol. The number of methoxy groups -OCH3 is 1. The fraction of sp³-hybridized carbons (Fsp3) is 1.00. The van der Waals surface area contributed by atoms with Gasteiger partial charge in [-0.2, -0.15) is 0 Å². The third-order valence-electron chi connectivity index (χ3n) is 3.79. The molecule has 0 saturated carbocycles. The highest BCUT2D eigenvalue weighted by Crippen LogP contribution is 2.28. The summed E-state index contributed by atoms with van der Waals surface area (Å²) < 4.78 is 5.27. The van der Waals surface area contributed by atoms with Crippen LogP contribution >= 0.6 is 0 Å². The molecule has 2 unspecified atom stereocenters. The van der Waals surface area contributed by atoms with E-state index in [1.54, 1.807) is 7.11 Å². The molecule has 16 heavy (non-hydrogen) atoms. The lowest BCUT2D eigenvalue weighted by atomic mass is 9.94. The maximum atomic E-state index is 6.03. The fourth-order valence-electron chi connectivity index (χ4n) is 3.02. The molecule has 96 valence electrons. The van der Waals surface area contributed by atoms with Gasteiger partial charge in [-0.25, -0.2) is 0 Å². The summed E-state index contributed by atoms with van der Waals surface area (Å²) in [5, 5.41) is 0. The van der Waals surface area contributed by atoms with Crippen molar-refractivity contribution in [3.8, 4) is 0 Å². The molecule has 0 radical (unpaired) electrons. The Hall–Kier alpha value is -0.160. The summed E-state index contributed by atoms with van der Waals surface area (Å²) in [6.45, 7) is 9.21. The molecule has 0 aromatic rings. The third kappa shape index (κ3) is 2.74. The van der Waals surface area contributed by atoms with Crippen molar-refractivity contribution in [2.75, 3.05) is 46.9 Å². The van der Waals surface area contributed by atoms with E-state index in [2.05, 4.69) is 30.7 Å². The zero-order valence-electron chi connectivity index (χ0n) is 11.2. The van der Waals surface area contributed by atoms with E-state index in [-0.39, 0.29) is 5.54 Å². The molecule has 0 bridgehead atoms. The van der Waals surface area contributed by atoms with Gasteiger partial charge in [0.05, 0.1) is 6.61 Å². The molecule has 0 amide bonds. The Morgan fingerprint density at radius 2 is 2.25 bits per heavy atom. The Morgan fingerprint density at radius 1 is 1.56 bits per heavy atom. The topological polar surface area (TPSA) is 41.7 Å². The lowest BCUT2D eigenvalue weighted by Gasteiger charge is -2.43. The highest BCUT2D eigenvalue weighted by atomic mass is 16.5. The molecule has 0 spiro atoms. The first-order valence-corrected chi connectivity index (χ1v) is 6.24. The first kappa shape index (κ1) is 13.9. The Balaban J connectivity index is 2.75. The molecule has 1 saturated heterocycles. The number of likely N-dealkylation sites (tertiary alicyclic amines) is 1. The standard InChI is InChI=1S/C12H27N3O/c1-5-15(11(2)8-16-4)12(9-13)6-7-14(3)10-12/h11H,5-10,13H2,1-4H3. The van der Waals surface area contributed by atoms with Gasteiger partial charge in [0.25, 0.3) is 0 Å². The van der Waals surface area contributed by atoms with Gasteiger partial charge in [-0.1, -0.05) is 6.92 Å². The zero-order chi connectivity index (χ0) is 12.2. The third-order valence-corrected chi connectivity index (χ3v) is 3.79. The highest BCUT2D eigenvalue weighted by molar-refractivity contribution is 5.00. The Labute approximate surface area is 99.7 Å². The molecule has 4 heteroatoms. The van der Waals surface area contributed by atoms with Crippen LogP contribution in [0.2, 0.25) is 0 Å². The van der Waals surface area contributed by atoms with Crippen molar-refractivity contribution >= 4 is 0 Å². The van der Waals surface area contributed by atoms with E-state index in [0.29, 0.717) is 6.04 Å². The van der Waals surface area contributed by atoms with Crippen LogP contribution < -0.4 is 5.73 Å². The van der Waals surface area contributed by atoms with Crippen LogP contribution in [0.3, 0.4) is 0 Å². The number of hydrogen-bond donors (Lipinski definition) is 1. The summed E-state index contributed by atoms with van der Waals surface area (Å²) in [4.78, 5) is 4.88. The first-order valence-electron chi connectivity index (χ1n) is 6.24. The normalized spacial score (nSPS) is 28.9. The fourth-order valence-corrected chi connectivity index (χ4v) is 3.02. The maximum absolute atomic E-state index is 6.03. The van der Waals surface area contributed by atoms with E-state index in [9.17, 15) is 0 Å². The van der Waals surface area contributed by atoms with Crippen molar-refractivity contribution in [2.24, 2.45) is 5.73 Å². The summed E-state index contributed by atoms with van der Waals surface area (Å²) in [7, 11) is 3.94. The minimum Gasteiger partial charge on any atom is -0.383 e. The van der Waals surface area contributed by atoms with Gasteiger partial charge in [0.1, 0.15) is 0 Å². The predicted octanol–water partition coefficient (Wildman–Crippen LogP) is 0.376. The van der Waals surface area contributed by atoms with E-state index in [4.69, 9.17) is 10.5 Å². The van der Waals surface area contributed by atoms with Crippen LogP contribution in [0, 0.1) is 0 Å². The van der Waals surface area contributed by atoms with Crippen LogP contribution in [0.15, 0.2) is 0 Å². The second-order valence-corrected chi connectivity index (χ2v) is 5.01. The zero-order valence-corrected chi connectivity index (χ0v) is 11.2. The number of ether oxygens (including phenoxy) is 1. The summed E-state index contributed by atoms with van der Waals surface area (Å²) in [5.74, 6) is 0. The van der Waals surface area contributed by atoms with Gasteiger partial charge in [0.2, 0.25) is 0 Å². The number of likely N-dealkylation sites (N-methyl/N-ethyl adjacent to an activating group) is 2. The quantitative estimate of drug-likeness (QED) is 0.715. The number of nitrogens with zero attached hydrogens (tertiary/aromatic N) is 2. The molecule has 1 heterocycles. The molecule has 0 aromatic heterocycles. The van der Waals surface area contributed by atoms with Gasteiger partial charge >= 0.3 is 0 Å². The second kappa shape index (κ2) is 5.96. The van der Waals surface area contributed by atoms with E-state index < -0.39 is 0 Å². The molecular formula is C12H27N3O. The van der Waals surface area contributed by atoms with Crippen LogP contribution in [0.1, 0.15) is 20.3 Å². The van der Waals surface area contributed by atoms with Crippen LogP contribution in [-0.4, -0.2) is 68.3 Å². The SMILES string of the molecule is CCN(C(C)COC)C1(CN)CCN(C)C1. The summed E-state index contributed by atoms with van der Waals surface area (Å²) in [6.07, 6.45) is 1.17. The molecule has 2 atom stereocenters. The van der Waals surface area contributed by atoms with Crippen molar-refractivity contribution in [3.05, 3.63) is 0 Å². The van der Waals surface area contributed by atoms with Gasteiger partial charge in [-0.3, -0.25) is 4.90 Å². The van der Waals surface area contributed by atoms with Gasteiger partial charge < -0.3 is 15.4 Å². The van der Waals surface area contributed by atoms with Crippen LogP contribution in [0.4, 0.5) is 0 Å². The van der Waals surface area contributed by atoms with Crippen molar-refractivity contribution in [1.82, 2.24) is 9.80 Å². The molecule has 1 fully saturated rings. The maximum Gasteiger partial charge on any atom is 0.0615 e. The van der Waals surface area contributed by atoms with Gasteiger partial charge in [0.15, 0.2) is 0 Å². The van der Waals surface area contributed by atoms with E-state index in [1.807, 2.05) is 0 Å². The Kier molecular flexibility index (Phi) is 5.18. The minimum atomic E-state index is 0.154.